The molecule has 1 aliphatic rings. The second-order valence-electron chi connectivity index (χ2n) is 4.42. The summed E-state index contributed by atoms with van der Waals surface area (Å²) in [6, 6.07) is 0. The zero-order valence-corrected chi connectivity index (χ0v) is 9.31. The summed E-state index contributed by atoms with van der Waals surface area (Å²) < 4.78 is 0. The first kappa shape index (κ1) is 10.8. The van der Waals surface area contributed by atoms with E-state index in [4.69, 9.17) is 0 Å². The molecule has 0 aliphatic heterocycles. The normalized spacial score (nSPS) is 25.7. The SMILES string of the molecule is CCCCCC/C=C1\CCCC1C. The largest absolute Gasteiger partial charge is 0.0851 e. The summed E-state index contributed by atoms with van der Waals surface area (Å²) in [5.74, 6) is 0.895. The van der Waals surface area contributed by atoms with E-state index < -0.39 is 0 Å². The molecule has 0 amide bonds. The van der Waals surface area contributed by atoms with Gasteiger partial charge in [0.05, 0.1) is 0 Å². The van der Waals surface area contributed by atoms with Crippen LogP contribution in [0, 0.1) is 5.92 Å². The highest BCUT2D eigenvalue weighted by molar-refractivity contribution is 5.09. The number of hydrogen-bond acceptors (Lipinski definition) is 0. The van der Waals surface area contributed by atoms with Crippen molar-refractivity contribution in [1.82, 2.24) is 0 Å². The molecule has 1 unspecified atom stereocenters. The fourth-order valence-electron chi connectivity index (χ4n) is 2.21. The zero-order chi connectivity index (χ0) is 9.52. The van der Waals surface area contributed by atoms with E-state index in [9.17, 15) is 0 Å². The first-order valence-corrected chi connectivity index (χ1v) is 6.03. The minimum absolute atomic E-state index is 0.895. The Kier molecular flexibility index (Phi) is 5.19. The van der Waals surface area contributed by atoms with Gasteiger partial charge in [0.2, 0.25) is 0 Å². The predicted octanol–water partition coefficient (Wildman–Crippen LogP) is 4.70. The van der Waals surface area contributed by atoms with Crippen LogP contribution in [0.1, 0.15) is 65.2 Å². The van der Waals surface area contributed by atoms with E-state index in [1.54, 1.807) is 5.57 Å². The third kappa shape index (κ3) is 3.97. The van der Waals surface area contributed by atoms with Crippen molar-refractivity contribution in [1.29, 1.82) is 0 Å². The molecule has 0 heteroatoms. The maximum atomic E-state index is 2.52. The summed E-state index contributed by atoms with van der Waals surface area (Å²) in [7, 11) is 0. The van der Waals surface area contributed by atoms with Gasteiger partial charge < -0.3 is 0 Å². The molecule has 0 N–H and O–H groups in total. The summed E-state index contributed by atoms with van der Waals surface area (Å²) in [5, 5.41) is 0. The van der Waals surface area contributed by atoms with Gasteiger partial charge in [0.25, 0.3) is 0 Å². The molecule has 0 nitrogen and oxygen atoms in total. The van der Waals surface area contributed by atoms with Gasteiger partial charge in [-0.1, -0.05) is 44.8 Å². The number of unbranched alkanes of at least 4 members (excludes halogenated alkanes) is 4. The Bertz CT molecular complexity index is 155. The highest BCUT2D eigenvalue weighted by Crippen LogP contribution is 2.30. The Morgan fingerprint density at radius 1 is 1.31 bits per heavy atom. The van der Waals surface area contributed by atoms with E-state index in [0.29, 0.717) is 0 Å². The van der Waals surface area contributed by atoms with Crippen molar-refractivity contribution in [3.05, 3.63) is 11.6 Å². The second kappa shape index (κ2) is 6.23. The molecule has 1 saturated carbocycles. The third-order valence-corrected chi connectivity index (χ3v) is 3.20. The second-order valence-corrected chi connectivity index (χ2v) is 4.42. The predicted molar refractivity (Wildman–Crippen MR) is 59.9 cm³/mol. The molecule has 0 radical (unpaired) electrons. The molecule has 0 aromatic carbocycles. The van der Waals surface area contributed by atoms with E-state index in [1.807, 2.05) is 0 Å². The third-order valence-electron chi connectivity index (χ3n) is 3.20. The molecule has 1 rings (SSSR count). The molecule has 1 fully saturated rings. The van der Waals surface area contributed by atoms with Crippen LogP contribution in [-0.4, -0.2) is 0 Å². The molecule has 0 aromatic heterocycles. The first-order chi connectivity index (χ1) is 6.34. The summed E-state index contributed by atoms with van der Waals surface area (Å²) in [6.45, 7) is 4.66. The number of allylic oxidation sites excluding steroid dienone is 2. The highest BCUT2D eigenvalue weighted by Gasteiger charge is 2.14. The van der Waals surface area contributed by atoms with Crippen molar-refractivity contribution in [2.24, 2.45) is 5.92 Å². The quantitative estimate of drug-likeness (QED) is 0.425. The van der Waals surface area contributed by atoms with Crippen LogP contribution in [0.25, 0.3) is 0 Å². The Hall–Kier alpha value is -0.260. The van der Waals surface area contributed by atoms with E-state index in [-0.39, 0.29) is 0 Å². The molecule has 0 aromatic rings. The van der Waals surface area contributed by atoms with Gasteiger partial charge in [0, 0.05) is 0 Å². The van der Waals surface area contributed by atoms with Gasteiger partial charge in [-0.2, -0.15) is 0 Å². The fourth-order valence-corrected chi connectivity index (χ4v) is 2.21. The van der Waals surface area contributed by atoms with Gasteiger partial charge in [0.1, 0.15) is 0 Å². The van der Waals surface area contributed by atoms with Crippen molar-refractivity contribution >= 4 is 0 Å². The van der Waals surface area contributed by atoms with Crippen molar-refractivity contribution < 1.29 is 0 Å². The van der Waals surface area contributed by atoms with E-state index in [1.165, 1.54) is 51.4 Å². The maximum Gasteiger partial charge on any atom is -0.0232 e. The Balaban J connectivity index is 2.09. The van der Waals surface area contributed by atoms with E-state index >= 15 is 0 Å². The molecule has 1 aliphatic carbocycles. The lowest BCUT2D eigenvalue weighted by atomic mass is 10.0. The molecule has 13 heavy (non-hydrogen) atoms. The molecule has 1 atom stereocenters. The van der Waals surface area contributed by atoms with Crippen LogP contribution in [0.2, 0.25) is 0 Å². The molecule has 0 spiro atoms. The summed E-state index contributed by atoms with van der Waals surface area (Å²) in [6.07, 6.45) is 13.7. The smallest absolute Gasteiger partial charge is 0.0232 e. The van der Waals surface area contributed by atoms with Crippen LogP contribution in [0.4, 0.5) is 0 Å². The monoisotopic (exact) mass is 180 g/mol. The lowest BCUT2D eigenvalue weighted by Crippen LogP contribution is -1.88. The van der Waals surface area contributed by atoms with Gasteiger partial charge >= 0.3 is 0 Å². The standard InChI is InChI=1S/C13H24/c1-3-4-5-6-7-10-13-11-8-9-12(13)2/h10,12H,3-9,11H2,1-2H3/b13-10+. The molecule has 0 bridgehead atoms. The van der Waals surface area contributed by atoms with Crippen molar-refractivity contribution in [2.45, 2.75) is 65.2 Å². The minimum atomic E-state index is 0.895. The number of rotatable bonds is 5. The average Bonchev–Trinajstić information content (AvgIpc) is 2.52. The molecule has 76 valence electrons. The zero-order valence-electron chi connectivity index (χ0n) is 9.31. The van der Waals surface area contributed by atoms with Crippen LogP contribution in [-0.2, 0) is 0 Å². The summed E-state index contributed by atoms with van der Waals surface area (Å²) >= 11 is 0. The Morgan fingerprint density at radius 3 is 2.77 bits per heavy atom. The van der Waals surface area contributed by atoms with Gasteiger partial charge in [0.15, 0.2) is 0 Å². The van der Waals surface area contributed by atoms with Crippen molar-refractivity contribution in [3.8, 4) is 0 Å². The number of hydrogen-bond donors (Lipinski definition) is 0. The molecular weight excluding hydrogens is 156 g/mol. The van der Waals surface area contributed by atoms with Gasteiger partial charge in [-0.25, -0.2) is 0 Å². The highest BCUT2D eigenvalue weighted by atomic mass is 14.2. The van der Waals surface area contributed by atoms with Crippen LogP contribution in [0.15, 0.2) is 11.6 Å². The van der Waals surface area contributed by atoms with Gasteiger partial charge in [-0.3, -0.25) is 0 Å². The van der Waals surface area contributed by atoms with Crippen molar-refractivity contribution in [3.63, 3.8) is 0 Å². The van der Waals surface area contributed by atoms with Crippen LogP contribution in [0.5, 0.6) is 0 Å². The van der Waals surface area contributed by atoms with Crippen LogP contribution in [0.3, 0.4) is 0 Å². The summed E-state index contributed by atoms with van der Waals surface area (Å²) in [5.41, 5.74) is 1.75. The van der Waals surface area contributed by atoms with Gasteiger partial charge in [-0.05, 0) is 38.0 Å². The van der Waals surface area contributed by atoms with E-state index in [2.05, 4.69) is 19.9 Å². The Labute approximate surface area is 83.4 Å². The summed E-state index contributed by atoms with van der Waals surface area (Å²) in [4.78, 5) is 0. The average molecular weight is 180 g/mol. The van der Waals surface area contributed by atoms with Crippen molar-refractivity contribution in [2.75, 3.05) is 0 Å². The van der Waals surface area contributed by atoms with E-state index in [0.717, 1.165) is 5.92 Å². The van der Waals surface area contributed by atoms with Gasteiger partial charge in [-0.15, -0.1) is 0 Å². The fraction of sp³-hybridized carbons (Fsp3) is 0.846. The lowest BCUT2D eigenvalue weighted by Gasteiger charge is -2.03. The maximum absolute atomic E-state index is 2.52. The van der Waals surface area contributed by atoms with Crippen LogP contribution < -0.4 is 0 Å². The van der Waals surface area contributed by atoms with Crippen LogP contribution >= 0.6 is 0 Å². The first-order valence-electron chi connectivity index (χ1n) is 6.03. The molecule has 0 heterocycles. The topological polar surface area (TPSA) is 0 Å². The Morgan fingerprint density at radius 2 is 2.15 bits per heavy atom. The molecular formula is C13H24. The lowest BCUT2D eigenvalue weighted by molar-refractivity contribution is 0.664. The minimum Gasteiger partial charge on any atom is -0.0851 e. The molecule has 0 saturated heterocycles.